The second-order valence-corrected chi connectivity index (χ2v) is 2.98. The molecular formula is C8H17NO. The molecule has 1 heterocycles. The molecule has 2 unspecified atom stereocenters. The van der Waals surface area contributed by atoms with Crippen LogP contribution in [0.15, 0.2) is 0 Å². The highest BCUT2D eigenvalue weighted by atomic mass is 16.2. The topological polar surface area (TPSA) is 20.3 Å². The van der Waals surface area contributed by atoms with Crippen molar-refractivity contribution < 1.29 is 4.79 Å². The third-order valence-electron chi connectivity index (χ3n) is 2.18. The Balaban J connectivity index is 0.000000810. The van der Waals surface area contributed by atoms with Crippen LogP contribution in [0.1, 0.15) is 21.3 Å². The van der Waals surface area contributed by atoms with E-state index >= 15 is 0 Å². The van der Waals surface area contributed by atoms with Crippen molar-refractivity contribution in [2.24, 2.45) is 11.8 Å². The maximum absolute atomic E-state index is 11.0. The summed E-state index contributed by atoms with van der Waals surface area (Å²) in [7, 11) is 1.86. The molecule has 2 atom stereocenters. The van der Waals surface area contributed by atoms with Crippen LogP contribution in [0.5, 0.6) is 0 Å². The minimum absolute atomic E-state index is 0. The molecule has 2 nitrogen and oxygen atoms in total. The largest absolute Gasteiger partial charge is 0.345 e. The smallest absolute Gasteiger partial charge is 0.225 e. The first kappa shape index (κ1) is 9.47. The molecule has 0 aromatic carbocycles. The van der Waals surface area contributed by atoms with Crippen LogP contribution in [0.4, 0.5) is 0 Å². The molecule has 0 bridgehead atoms. The Morgan fingerprint density at radius 2 is 2.00 bits per heavy atom. The quantitative estimate of drug-likeness (QED) is 0.501. The van der Waals surface area contributed by atoms with E-state index in [-0.39, 0.29) is 13.3 Å². The van der Waals surface area contributed by atoms with Crippen LogP contribution in [0.3, 0.4) is 0 Å². The molecule has 1 amide bonds. The van der Waals surface area contributed by atoms with Crippen LogP contribution < -0.4 is 0 Å². The van der Waals surface area contributed by atoms with Crippen LogP contribution in [0.25, 0.3) is 0 Å². The first-order valence-corrected chi connectivity index (χ1v) is 3.38. The Bertz CT molecular complexity index is 133. The summed E-state index contributed by atoms with van der Waals surface area (Å²) < 4.78 is 0. The number of hydrogen-bond donors (Lipinski definition) is 0. The molecule has 0 N–H and O–H groups in total. The van der Waals surface area contributed by atoms with Gasteiger partial charge in [0.1, 0.15) is 0 Å². The van der Waals surface area contributed by atoms with Crippen LogP contribution in [-0.2, 0) is 4.79 Å². The third-order valence-corrected chi connectivity index (χ3v) is 2.18. The average Bonchev–Trinajstić information content (AvgIpc) is 1.98. The van der Waals surface area contributed by atoms with Crippen molar-refractivity contribution in [1.82, 2.24) is 4.90 Å². The second kappa shape index (κ2) is 3.04. The van der Waals surface area contributed by atoms with E-state index in [0.29, 0.717) is 11.8 Å². The first-order valence-electron chi connectivity index (χ1n) is 3.38. The van der Waals surface area contributed by atoms with E-state index in [0.717, 1.165) is 6.54 Å². The van der Waals surface area contributed by atoms with Gasteiger partial charge in [0.25, 0.3) is 0 Å². The summed E-state index contributed by atoms with van der Waals surface area (Å²) in [5.74, 6) is 1.08. The predicted molar refractivity (Wildman–Crippen MR) is 42.7 cm³/mol. The van der Waals surface area contributed by atoms with Gasteiger partial charge in [-0.05, 0) is 5.92 Å². The zero-order chi connectivity index (χ0) is 7.02. The van der Waals surface area contributed by atoms with Crippen molar-refractivity contribution in [3.8, 4) is 0 Å². The van der Waals surface area contributed by atoms with Gasteiger partial charge in [0.15, 0.2) is 0 Å². The zero-order valence-electron chi connectivity index (χ0n) is 6.22. The van der Waals surface area contributed by atoms with E-state index in [1.54, 1.807) is 4.90 Å². The van der Waals surface area contributed by atoms with E-state index in [4.69, 9.17) is 0 Å². The van der Waals surface area contributed by atoms with Crippen LogP contribution in [0.2, 0.25) is 0 Å². The average molecular weight is 143 g/mol. The number of rotatable bonds is 0. The fraction of sp³-hybridized carbons (Fsp3) is 0.875. The van der Waals surface area contributed by atoms with E-state index in [9.17, 15) is 4.79 Å². The Morgan fingerprint density at radius 3 is 2.10 bits per heavy atom. The number of nitrogens with zero attached hydrogens (tertiary/aromatic N) is 1. The summed E-state index contributed by atoms with van der Waals surface area (Å²) in [5.41, 5.74) is 0. The maximum Gasteiger partial charge on any atom is 0.225 e. The van der Waals surface area contributed by atoms with Crippen molar-refractivity contribution in [3.05, 3.63) is 0 Å². The molecular weight excluding hydrogens is 126 g/mol. The molecule has 1 saturated heterocycles. The van der Waals surface area contributed by atoms with Crippen LogP contribution >= 0.6 is 0 Å². The number of carbonyl (C=O) groups excluding carboxylic acids is 1. The van der Waals surface area contributed by atoms with Crippen molar-refractivity contribution in [2.45, 2.75) is 21.3 Å². The van der Waals surface area contributed by atoms with Gasteiger partial charge in [-0.15, -0.1) is 0 Å². The molecule has 0 aromatic rings. The molecule has 0 radical (unpaired) electrons. The molecule has 60 valence electrons. The summed E-state index contributed by atoms with van der Waals surface area (Å²) in [6.45, 7) is 5.04. The van der Waals surface area contributed by atoms with Crippen LogP contribution in [0, 0.1) is 11.8 Å². The summed E-state index contributed by atoms with van der Waals surface area (Å²) in [4.78, 5) is 12.8. The summed E-state index contributed by atoms with van der Waals surface area (Å²) in [6, 6.07) is 0. The Morgan fingerprint density at radius 1 is 1.50 bits per heavy atom. The van der Waals surface area contributed by atoms with Gasteiger partial charge in [-0.2, -0.15) is 0 Å². The van der Waals surface area contributed by atoms with Crippen molar-refractivity contribution in [2.75, 3.05) is 13.6 Å². The Labute approximate surface area is 63.2 Å². The molecule has 2 heteroatoms. The van der Waals surface area contributed by atoms with Gasteiger partial charge in [-0.25, -0.2) is 0 Å². The zero-order valence-corrected chi connectivity index (χ0v) is 6.22. The predicted octanol–water partition coefficient (Wildman–Crippen LogP) is 1.37. The lowest BCUT2D eigenvalue weighted by molar-refractivity contribution is -0.129. The summed E-state index contributed by atoms with van der Waals surface area (Å²) in [5, 5.41) is 0. The number of carbonyl (C=O) groups is 1. The minimum Gasteiger partial charge on any atom is -0.345 e. The fourth-order valence-corrected chi connectivity index (χ4v) is 1.27. The highest BCUT2D eigenvalue weighted by Gasteiger charge is 2.31. The third kappa shape index (κ3) is 1.31. The van der Waals surface area contributed by atoms with Crippen LogP contribution in [-0.4, -0.2) is 24.4 Å². The normalized spacial score (nSPS) is 32.3. The SMILES string of the molecule is C.CC1CN(C)C(=O)C1C. The summed E-state index contributed by atoms with van der Waals surface area (Å²) in [6.07, 6.45) is 0. The Hall–Kier alpha value is -0.530. The molecule has 1 fully saturated rings. The standard InChI is InChI=1S/C7H13NO.CH4/c1-5-4-8(3)7(9)6(5)2;/h5-6H,4H2,1-3H3;1H4. The van der Waals surface area contributed by atoms with Crippen molar-refractivity contribution in [3.63, 3.8) is 0 Å². The maximum atomic E-state index is 11.0. The molecule has 0 saturated carbocycles. The molecule has 0 spiro atoms. The molecule has 0 aromatic heterocycles. The highest BCUT2D eigenvalue weighted by Crippen LogP contribution is 2.21. The van der Waals surface area contributed by atoms with Gasteiger partial charge in [-0.1, -0.05) is 21.3 Å². The lowest BCUT2D eigenvalue weighted by atomic mass is 10.0. The first-order chi connectivity index (χ1) is 4.13. The second-order valence-electron chi connectivity index (χ2n) is 2.98. The molecule has 10 heavy (non-hydrogen) atoms. The molecule has 1 aliphatic heterocycles. The van der Waals surface area contributed by atoms with E-state index in [1.165, 1.54) is 0 Å². The lowest BCUT2D eigenvalue weighted by Crippen LogP contribution is -2.21. The van der Waals surface area contributed by atoms with Crippen molar-refractivity contribution >= 4 is 5.91 Å². The summed E-state index contributed by atoms with van der Waals surface area (Å²) >= 11 is 0. The van der Waals surface area contributed by atoms with Gasteiger partial charge in [-0.3, -0.25) is 4.79 Å². The molecule has 0 aliphatic carbocycles. The van der Waals surface area contributed by atoms with E-state index in [1.807, 2.05) is 14.0 Å². The number of hydrogen-bond acceptors (Lipinski definition) is 1. The van der Waals surface area contributed by atoms with Gasteiger partial charge in [0.05, 0.1) is 0 Å². The molecule has 1 aliphatic rings. The van der Waals surface area contributed by atoms with Gasteiger partial charge in [0.2, 0.25) is 5.91 Å². The number of likely N-dealkylation sites (tertiary alicyclic amines) is 1. The van der Waals surface area contributed by atoms with E-state index in [2.05, 4.69) is 6.92 Å². The highest BCUT2D eigenvalue weighted by molar-refractivity contribution is 5.80. The number of amides is 1. The van der Waals surface area contributed by atoms with Gasteiger partial charge < -0.3 is 4.90 Å². The van der Waals surface area contributed by atoms with Gasteiger partial charge >= 0.3 is 0 Å². The fourth-order valence-electron chi connectivity index (χ4n) is 1.27. The monoisotopic (exact) mass is 143 g/mol. The minimum atomic E-state index is 0. The van der Waals surface area contributed by atoms with Crippen molar-refractivity contribution in [1.29, 1.82) is 0 Å². The molecule has 1 rings (SSSR count). The lowest BCUT2D eigenvalue weighted by Gasteiger charge is -2.05. The Kier molecular flexibility index (Phi) is 2.88. The van der Waals surface area contributed by atoms with Gasteiger partial charge in [0, 0.05) is 19.5 Å². The van der Waals surface area contributed by atoms with E-state index < -0.39 is 0 Å².